The number of halogens is 2. The van der Waals surface area contributed by atoms with Crippen LogP contribution in [0.25, 0.3) is 0 Å². The summed E-state index contributed by atoms with van der Waals surface area (Å²) >= 11 is 13.1. The van der Waals surface area contributed by atoms with Crippen molar-refractivity contribution in [2.75, 3.05) is 24.6 Å². The number of carbonyl (C=O) groups is 1. The molecule has 1 atom stereocenters. The van der Waals surface area contributed by atoms with E-state index in [-0.39, 0.29) is 0 Å². The van der Waals surface area contributed by atoms with E-state index in [9.17, 15) is 4.79 Å². The van der Waals surface area contributed by atoms with Gasteiger partial charge in [0.05, 0.1) is 22.3 Å². The van der Waals surface area contributed by atoms with Crippen LogP contribution in [0.15, 0.2) is 6.07 Å². The molecule has 1 heterocycles. The highest BCUT2D eigenvalue weighted by Crippen LogP contribution is 2.39. The van der Waals surface area contributed by atoms with Crippen LogP contribution in [0.5, 0.6) is 0 Å². The first-order chi connectivity index (χ1) is 11.0. The van der Waals surface area contributed by atoms with Crippen molar-refractivity contribution < 1.29 is 9.53 Å². The van der Waals surface area contributed by atoms with Crippen molar-refractivity contribution in [3.63, 3.8) is 0 Å². The lowest BCUT2D eigenvalue weighted by atomic mass is 9.99. The molecule has 0 radical (unpaired) electrons. The molecule has 0 amide bonds. The monoisotopic (exact) mass is 358 g/mol. The largest absolute Gasteiger partial charge is 0.465 e. The number of benzene rings is 1. The zero-order valence-corrected chi connectivity index (χ0v) is 15.2. The summed E-state index contributed by atoms with van der Waals surface area (Å²) in [5.41, 5.74) is 8.63. The summed E-state index contributed by atoms with van der Waals surface area (Å²) < 4.78 is 4.96. The molecule has 0 spiro atoms. The van der Waals surface area contributed by atoms with E-state index < -0.39 is 12.0 Å². The molecule has 0 aliphatic carbocycles. The maximum absolute atomic E-state index is 11.7. The Morgan fingerprint density at radius 3 is 2.61 bits per heavy atom. The third-order valence-corrected chi connectivity index (χ3v) is 5.00. The van der Waals surface area contributed by atoms with E-state index in [2.05, 4.69) is 4.90 Å². The van der Waals surface area contributed by atoms with Crippen LogP contribution in [0.1, 0.15) is 37.3 Å². The van der Waals surface area contributed by atoms with Gasteiger partial charge in [-0.25, -0.2) is 0 Å². The lowest BCUT2D eigenvalue weighted by molar-refractivity contribution is -0.144. The Labute approximate surface area is 147 Å². The first-order valence-electron chi connectivity index (χ1n) is 8.10. The summed E-state index contributed by atoms with van der Waals surface area (Å²) in [5.74, 6) is -0.403. The first-order valence-corrected chi connectivity index (χ1v) is 8.86. The SMILES string of the molecule is CCOC(=O)C(N)Cc1cc(Cl)c(N2CCCCC2)c(Cl)c1C. The van der Waals surface area contributed by atoms with E-state index in [1.54, 1.807) is 6.92 Å². The van der Waals surface area contributed by atoms with E-state index in [4.69, 9.17) is 33.7 Å². The van der Waals surface area contributed by atoms with Gasteiger partial charge in [0.25, 0.3) is 0 Å². The topological polar surface area (TPSA) is 55.6 Å². The fourth-order valence-corrected chi connectivity index (χ4v) is 3.68. The molecule has 1 aliphatic rings. The van der Waals surface area contributed by atoms with E-state index in [1.165, 1.54) is 6.42 Å². The standard InChI is InChI=1S/C17H24Cl2N2O2/c1-3-23-17(22)14(20)10-12-9-13(18)16(15(19)11(12)2)21-7-5-4-6-8-21/h9,14H,3-8,10,20H2,1-2H3. The van der Waals surface area contributed by atoms with Gasteiger partial charge in [0.1, 0.15) is 6.04 Å². The van der Waals surface area contributed by atoms with Crippen molar-refractivity contribution in [1.29, 1.82) is 0 Å². The van der Waals surface area contributed by atoms with Crippen LogP contribution < -0.4 is 10.6 Å². The maximum Gasteiger partial charge on any atom is 0.323 e. The van der Waals surface area contributed by atoms with Crippen molar-refractivity contribution in [3.8, 4) is 0 Å². The second-order valence-corrected chi connectivity index (χ2v) is 6.70. The molecule has 0 saturated carbocycles. The van der Waals surface area contributed by atoms with Gasteiger partial charge in [0, 0.05) is 13.1 Å². The minimum atomic E-state index is -0.707. The third-order valence-electron chi connectivity index (χ3n) is 4.25. The van der Waals surface area contributed by atoms with Gasteiger partial charge in [-0.3, -0.25) is 4.79 Å². The van der Waals surface area contributed by atoms with Crippen LogP contribution in [0, 0.1) is 6.92 Å². The second-order valence-electron chi connectivity index (χ2n) is 5.92. The molecule has 1 aliphatic heterocycles. The molecule has 2 rings (SSSR count). The van der Waals surface area contributed by atoms with Crippen LogP contribution in [0.2, 0.25) is 10.0 Å². The molecular weight excluding hydrogens is 335 g/mol. The molecule has 128 valence electrons. The van der Waals surface area contributed by atoms with Gasteiger partial charge in [-0.1, -0.05) is 23.2 Å². The molecule has 2 N–H and O–H groups in total. The number of nitrogens with two attached hydrogens (primary N) is 1. The van der Waals surface area contributed by atoms with Crippen LogP contribution in [-0.4, -0.2) is 31.7 Å². The van der Waals surface area contributed by atoms with E-state index in [0.717, 1.165) is 42.7 Å². The summed E-state index contributed by atoms with van der Waals surface area (Å²) in [4.78, 5) is 14.0. The van der Waals surface area contributed by atoms with Crippen LogP contribution in [-0.2, 0) is 16.0 Å². The molecule has 1 saturated heterocycles. The molecule has 1 aromatic rings. The molecule has 4 nitrogen and oxygen atoms in total. The van der Waals surface area contributed by atoms with Crippen molar-refractivity contribution in [3.05, 3.63) is 27.2 Å². The van der Waals surface area contributed by atoms with Crippen molar-refractivity contribution in [1.82, 2.24) is 0 Å². The fourth-order valence-electron chi connectivity index (χ4n) is 2.94. The summed E-state index contributed by atoms with van der Waals surface area (Å²) in [6.45, 7) is 5.97. The van der Waals surface area contributed by atoms with Gasteiger partial charge >= 0.3 is 5.97 Å². The van der Waals surface area contributed by atoms with Gasteiger partial charge in [0.15, 0.2) is 0 Å². The number of rotatable bonds is 5. The van der Waals surface area contributed by atoms with Gasteiger partial charge in [-0.05, 0) is 56.7 Å². The van der Waals surface area contributed by atoms with Gasteiger partial charge in [-0.2, -0.15) is 0 Å². The summed E-state index contributed by atoms with van der Waals surface area (Å²) in [6.07, 6.45) is 3.92. The highest BCUT2D eigenvalue weighted by molar-refractivity contribution is 6.39. The quantitative estimate of drug-likeness (QED) is 0.814. The van der Waals surface area contributed by atoms with Crippen LogP contribution in [0.4, 0.5) is 5.69 Å². The van der Waals surface area contributed by atoms with Crippen LogP contribution >= 0.6 is 23.2 Å². The highest BCUT2D eigenvalue weighted by Gasteiger charge is 2.23. The van der Waals surface area contributed by atoms with Gasteiger partial charge in [0.2, 0.25) is 0 Å². The number of esters is 1. The second kappa shape index (κ2) is 8.22. The number of hydrogen-bond acceptors (Lipinski definition) is 4. The van der Waals surface area contributed by atoms with Crippen LogP contribution in [0.3, 0.4) is 0 Å². The Bertz CT molecular complexity index is 572. The molecule has 1 fully saturated rings. The highest BCUT2D eigenvalue weighted by atomic mass is 35.5. The lowest BCUT2D eigenvalue weighted by Crippen LogP contribution is -2.34. The molecule has 0 bridgehead atoms. The Morgan fingerprint density at radius 1 is 1.35 bits per heavy atom. The van der Waals surface area contributed by atoms with Crippen molar-refractivity contribution in [2.45, 2.75) is 45.6 Å². The molecular formula is C17H24Cl2N2O2. The van der Waals surface area contributed by atoms with E-state index in [0.29, 0.717) is 23.1 Å². The Balaban J connectivity index is 2.24. The first kappa shape index (κ1) is 18.4. The number of nitrogens with zero attached hydrogens (tertiary/aromatic N) is 1. The zero-order chi connectivity index (χ0) is 17.0. The normalized spacial score (nSPS) is 16.3. The molecule has 1 unspecified atom stereocenters. The predicted molar refractivity (Wildman–Crippen MR) is 95.6 cm³/mol. The minimum Gasteiger partial charge on any atom is -0.465 e. The van der Waals surface area contributed by atoms with E-state index in [1.807, 2.05) is 13.0 Å². The summed E-state index contributed by atoms with van der Waals surface area (Å²) in [7, 11) is 0. The molecule has 23 heavy (non-hydrogen) atoms. The Hall–Kier alpha value is -0.970. The fraction of sp³-hybridized carbons (Fsp3) is 0.588. The molecule has 6 heteroatoms. The van der Waals surface area contributed by atoms with E-state index >= 15 is 0 Å². The lowest BCUT2D eigenvalue weighted by Gasteiger charge is -2.31. The summed E-state index contributed by atoms with van der Waals surface area (Å²) in [6, 6.07) is 1.17. The Morgan fingerprint density at radius 2 is 2.00 bits per heavy atom. The smallest absolute Gasteiger partial charge is 0.323 e. The number of hydrogen-bond donors (Lipinski definition) is 1. The number of ether oxygens (including phenoxy) is 1. The maximum atomic E-state index is 11.7. The number of carbonyl (C=O) groups excluding carboxylic acids is 1. The van der Waals surface area contributed by atoms with Crippen molar-refractivity contribution >= 4 is 34.9 Å². The Kier molecular flexibility index (Phi) is 6.57. The van der Waals surface area contributed by atoms with Gasteiger partial charge < -0.3 is 15.4 Å². The molecule has 1 aromatic carbocycles. The molecule has 0 aromatic heterocycles. The zero-order valence-electron chi connectivity index (χ0n) is 13.7. The van der Waals surface area contributed by atoms with Crippen molar-refractivity contribution in [2.24, 2.45) is 5.73 Å². The minimum absolute atomic E-state index is 0.320. The summed E-state index contributed by atoms with van der Waals surface area (Å²) in [5, 5.41) is 1.28. The number of piperidine rings is 1. The third kappa shape index (κ3) is 4.31. The number of anilines is 1. The van der Waals surface area contributed by atoms with Gasteiger partial charge in [-0.15, -0.1) is 0 Å². The average Bonchev–Trinajstić information content (AvgIpc) is 2.53. The average molecular weight is 359 g/mol. The predicted octanol–water partition coefficient (Wildman–Crippen LogP) is 3.73.